The first-order valence-corrected chi connectivity index (χ1v) is 8.05. The van der Waals surface area contributed by atoms with Crippen LogP contribution in [0.4, 0.5) is 0 Å². The van der Waals surface area contributed by atoms with Crippen molar-refractivity contribution >= 4 is 17.2 Å². The molecule has 1 aromatic heterocycles. The summed E-state index contributed by atoms with van der Waals surface area (Å²) in [6.07, 6.45) is 1.28. The number of hydrogen-bond acceptors (Lipinski definition) is 4. The van der Waals surface area contributed by atoms with E-state index in [4.69, 9.17) is 9.47 Å². The number of hydrogen-bond donors (Lipinski definition) is 1. The van der Waals surface area contributed by atoms with E-state index in [1.54, 1.807) is 25.6 Å². The van der Waals surface area contributed by atoms with Crippen LogP contribution in [0.15, 0.2) is 35.7 Å². The first-order chi connectivity index (χ1) is 10.6. The van der Waals surface area contributed by atoms with E-state index in [0.717, 1.165) is 12.0 Å². The lowest BCUT2D eigenvalue weighted by Crippen LogP contribution is -2.26. The van der Waals surface area contributed by atoms with Gasteiger partial charge in [-0.15, -0.1) is 11.3 Å². The number of nitrogens with one attached hydrogen (secondary N) is 1. The van der Waals surface area contributed by atoms with Crippen LogP contribution in [0.5, 0.6) is 11.5 Å². The molecule has 0 saturated carbocycles. The Morgan fingerprint density at radius 3 is 2.64 bits per heavy atom. The van der Waals surface area contributed by atoms with Crippen LogP contribution in [-0.4, -0.2) is 20.1 Å². The number of aryl methyl sites for hydroxylation is 1. The van der Waals surface area contributed by atoms with Gasteiger partial charge >= 0.3 is 0 Å². The number of benzene rings is 1. The van der Waals surface area contributed by atoms with Crippen molar-refractivity contribution < 1.29 is 14.3 Å². The highest BCUT2D eigenvalue weighted by Crippen LogP contribution is 2.29. The van der Waals surface area contributed by atoms with Crippen molar-refractivity contribution in [1.82, 2.24) is 5.32 Å². The minimum atomic E-state index is -0.0735. The molecule has 0 saturated heterocycles. The Balaban J connectivity index is 1.93. The number of carbonyl (C=O) groups excluding carboxylic acids is 1. The van der Waals surface area contributed by atoms with Gasteiger partial charge in [0.1, 0.15) is 0 Å². The second kappa shape index (κ2) is 7.84. The molecular formula is C17H21NO3S. The SMILES string of the molecule is COc1ccc([C@H](C)NC(=O)CCc2cccs2)cc1OC. The van der Waals surface area contributed by atoms with Gasteiger partial charge in [-0.3, -0.25) is 4.79 Å². The maximum Gasteiger partial charge on any atom is 0.220 e. The summed E-state index contributed by atoms with van der Waals surface area (Å²) in [4.78, 5) is 13.3. The zero-order valence-corrected chi connectivity index (χ0v) is 13.9. The zero-order chi connectivity index (χ0) is 15.9. The fraction of sp³-hybridized carbons (Fsp3) is 0.353. The highest BCUT2D eigenvalue weighted by Gasteiger charge is 2.12. The van der Waals surface area contributed by atoms with Crippen LogP contribution in [0, 0.1) is 0 Å². The molecule has 0 aliphatic rings. The van der Waals surface area contributed by atoms with E-state index >= 15 is 0 Å². The topological polar surface area (TPSA) is 47.6 Å². The largest absolute Gasteiger partial charge is 0.493 e. The molecule has 1 heterocycles. The van der Waals surface area contributed by atoms with E-state index in [1.807, 2.05) is 36.6 Å². The summed E-state index contributed by atoms with van der Waals surface area (Å²) < 4.78 is 10.5. The van der Waals surface area contributed by atoms with Crippen LogP contribution in [0.3, 0.4) is 0 Å². The maximum absolute atomic E-state index is 12.0. The predicted octanol–water partition coefficient (Wildman–Crippen LogP) is 3.58. The Bertz CT molecular complexity index is 610. The number of carbonyl (C=O) groups is 1. The predicted molar refractivity (Wildman–Crippen MR) is 88.7 cm³/mol. The molecule has 1 aromatic carbocycles. The molecule has 0 fully saturated rings. The van der Waals surface area contributed by atoms with E-state index in [-0.39, 0.29) is 11.9 Å². The maximum atomic E-state index is 12.0. The summed E-state index contributed by atoms with van der Waals surface area (Å²) in [6, 6.07) is 9.66. The molecule has 1 N–H and O–H groups in total. The van der Waals surface area contributed by atoms with Gasteiger partial charge in [0.05, 0.1) is 20.3 Å². The second-order valence-corrected chi connectivity index (χ2v) is 6.02. The van der Waals surface area contributed by atoms with Crippen LogP contribution in [0.25, 0.3) is 0 Å². The fourth-order valence-corrected chi connectivity index (χ4v) is 2.92. The molecule has 1 amide bonds. The fourth-order valence-electron chi connectivity index (χ4n) is 2.21. The molecule has 2 aromatic rings. The van der Waals surface area contributed by atoms with Gasteiger partial charge in [0.25, 0.3) is 0 Å². The van der Waals surface area contributed by atoms with Crippen molar-refractivity contribution in [2.24, 2.45) is 0 Å². The molecule has 1 atom stereocenters. The van der Waals surface area contributed by atoms with Crippen LogP contribution < -0.4 is 14.8 Å². The van der Waals surface area contributed by atoms with E-state index < -0.39 is 0 Å². The molecule has 5 heteroatoms. The average molecular weight is 319 g/mol. The average Bonchev–Trinajstić information content (AvgIpc) is 3.05. The van der Waals surface area contributed by atoms with Crippen LogP contribution in [0.2, 0.25) is 0 Å². The Morgan fingerprint density at radius 2 is 2.00 bits per heavy atom. The molecule has 0 unspecified atom stereocenters. The summed E-state index contributed by atoms with van der Waals surface area (Å²) in [7, 11) is 3.21. The molecule has 0 aliphatic carbocycles. The first kappa shape index (κ1) is 16.4. The van der Waals surface area contributed by atoms with Crippen molar-refractivity contribution in [1.29, 1.82) is 0 Å². The van der Waals surface area contributed by atoms with Gasteiger partial charge in [-0.25, -0.2) is 0 Å². The third kappa shape index (κ3) is 4.24. The third-order valence-corrected chi connectivity index (χ3v) is 4.40. The van der Waals surface area contributed by atoms with Crippen molar-refractivity contribution in [3.63, 3.8) is 0 Å². The van der Waals surface area contributed by atoms with Crippen LogP contribution in [0.1, 0.15) is 29.8 Å². The molecule has 0 radical (unpaired) electrons. The van der Waals surface area contributed by atoms with Gasteiger partial charge < -0.3 is 14.8 Å². The van der Waals surface area contributed by atoms with Crippen LogP contribution in [-0.2, 0) is 11.2 Å². The Labute approximate surface area is 135 Å². The molecule has 0 bridgehead atoms. The van der Waals surface area contributed by atoms with Crippen molar-refractivity contribution in [2.45, 2.75) is 25.8 Å². The van der Waals surface area contributed by atoms with Gasteiger partial charge in [0.15, 0.2) is 11.5 Å². The lowest BCUT2D eigenvalue weighted by Gasteiger charge is -2.16. The smallest absolute Gasteiger partial charge is 0.220 e. The van der Waals surface area contributed by atoms with Crippen molar-refractivity contribution in [2.75, 3.05) is 14.2 Å². The van der Waals surface area contributed by atoms with Gasteiger partial charge in [-0.2, -0.15) is 0 Å². The van der Waals surface area contributed by atoms with Gasteiger partial charge in [-0.1, -0.05) is 12.1 Å². The normalized spacial score (nSPS) is 11.8. The van der Waals surface area contributed by atoms with E-state index in [2.05, 4.69) is 11.4 Å². The highest BCUT2D eigenvalue weighted by molar-refractivity contribution is 7.09. The monoisotopic (exact) mass is 319 g/mol. The molecule has 0 aliphatic heterocycles. The first-order valence-electron chi connectivity index (χ1n) is 7.17. The van der Waals surface area contributed by atoms with Gasteiger partial charge in [0, 0.05) is 11.3 Å². The number of methoxy groups -OCH3 is 2. The Morgan fingerprint density at radius 1 is 1.23 bits per heavy atom. The molecule has 0 spiro atoms. The lowest BCUT2D eigenvalue weighted by molar-refractivity contribution is -0.121. The van der Waals surface area contributed by atoms with E-state index in [1.165, 1.54) is 4.88 Å². The molecule has 22 heavy (non-hydrogen) atoms. The second-order valence-electron chi connectivity index (χ2n) is 4.98. The van der Waals surface area contributed by atoms with Gasteiger partial charge in [-0.05, 0) is 42.5 Å². The quantitative estimate of drug-likeness (QED) is 0.848. The molecular weight excluding hydrogens is 298 g/mol. The number of rotatable bonds is 7. The number of thiophene rings is 1. The lowest BCUT2D eigenvalue weighted by atomic mass is 10.1. The zero-order valence-electron chi connectivity index (χ0n) is 13.1. The number of ether oxygens (including phenoxy) is 2. The minimum absolute atomic E-state index is 0.0516. The summed E-state index contributed by atoms with van der Waals surface area (Å²) in [5.41, 5.74) is 0.988. The Hall–Kier alpha value is -2.01. The Kier molecular flexibility index (Phi) is 5.83. The summed E-state index contributed by atoms with van der Waals surface area (Å²) in [5, 5.41) is 5.04. The molecule has 4 nitrogen and oxygen atoms in total. The summed E-state index contributed by atoms with van der Waals surface area (Å²) >= 11 is 1.68. The highest BCUT2D eigenvalue weighted by atomic mass is 32.1. The van der Waals surface area contributed by atoms with E-state index in [9.17, 15) is 4.79 Å². The molecule has 2 rings (SSSR count). The summed E-state index contributed by atoms with van der Waals surface area (Å²) in [6.45, 7) is 1.96. The standard InChI is InChI=1S/C17H21NO3S/c1-12(13-6-8-15(20-2)16(11-13)21-3)18-17(19)9-7-14-5-4-10-22-14/h4-6,8,10-12H,7,9H2,1-3H3,(H,18,19)/t12-/m0/s1. The van der Waals surface area contributed by atoms with Crippen molar-refractivity contribution in [3.05, 3.63) is 46.2 Å². The molecule has 118 valence electrons. The van der Waals surface area contributed by atoms with Gasteiger partial charge in [0.2, 0.25) is 5.91 Å². The number of amides is 1. The minimum Gasteiger partial charge on any atom is -0.493 e. The van der Waals surface area contributed by atoms with E-state index in [0.29, 0.717) is 17.9 Å². The third-order valence-electron chi connectivity index (χ3n) is 3.46. The van der Waals surface area contributed by atoms with Crippen molar-refractivity contribution in [3.8, 4) is 11.5 Å². The van der Waals surface area contributed by atoms with Crippen LogP contribution >= 0.6 is 11.3 Å². The summed E-state index contributed by atoms with van der Waals surface area (Å²) in [5.74, 6) is 1.40.